The molecule has 1 aromatic rings. The van der Waals surface area contributed by atoms with Crippen molar-refractivity contribution in [1.29, 1.82) is 0 Å². The molecule has 0 radical (unpaired) electrons. The SMILES string of the molecule is C[N+](C)(CC(=O)c1ccc(Cl)cc1)CC12CC3CC(CC(C3)C1)C2.[Br-]. The highest BCUT2D eigenvalue weighted by molar-refractivity contribution is 6.30. The minimum absolute atomic E-state index is 0. The molecule has 4 fully saturated rings. The van der Waals surface area contributed by atoms with Crippen molar-refractivity contribution in [2.24, 2.45) is 23.2 Å². The number of carbonyl (C=O) groups is 1. The Kier molecular flexibility index (Phi) is 5.41. The van der Waals surface area contributed by atoms with Crippen molar-refractivity contribution in [2.45, 2.75) is 38.5 Å². The topological polar surface area (TPSA) is 17.1 Å². The molecule has 0 N–H and O–H groups in total. The van der Waals surface area contributed by atoms with Crippen LogP contribution in [0.1, 0.15) is 48.9 Å². The molecule has 0 aliphatic heterocycles. The van der Waals surface area contributed by atoms with Crippen LogP contribution in [0.5, 0.6) is 0 Å². The lowest BCUT2D eigenvalue weighted by atomic mass is 9.49. The first kappa shape index (κ1) is 19.4. The second-order valence-corrected chi connectivity index (χ2v) is 10.0. The quantitative estimate of drug-likeness (QED) is 0.518. The van der Waals surface area contributed by atoms with E-state index in [1.807, 2.05) is 24.3 Å². The molecule has 2 nitrogen and oxygen atoms in total. The lowest BCUT2D eigenvalue weighted by Crippen LogP contribution is -3.00. The number of halogens is 2. The van der Waals surface area contributed by atoms with E-state index in [9.17, 15) is 4.79 Å². The summed E-state index contributed by atoms with van der Waals surface area (Å²) in [6, 6.07) is 7.34. The van der Waals surface area contributed by atoms with Crippen LogP contribution < -0.4 is 17.0 Å². The number of benzene rings is 1. The third-order valence-electron chi connectivity index (χ3n) is 6.67. The van der Waals surface area contributed by atoms with Gasteiger partial charge < -0.3 is 21.5 Å². The van der Waals surface area contributed by atoms with Gasteiger partial charge in [0.15, 0.2) is 0 Å². The number of nitrogens with zero attached hydrogens (tertiary/aromatic N) is 1. The first-order chi connectivity index (χ1) is 11.3. The van der Waals surface area contributed by atoms with Crippen molar-refractivity contribution >= 4 is 17.4 Å². The lowest BCUT2D eigenvalue weighted by Gasteiger charge is -2.58. The Bertz CT molecular complexity index is 605. The molecule has 4 saturated carbocycles. The molecular weight excluding hydrogens is 398 g/mol. The van der Waals surface area contributed by atoms with Crippen LogP contribution in [0, 0.1) is 23.2 Å². The minimum Gasteiger partial charge on any atom is -1.00 e. The lowest BCUT2D eigenvalue weighted by molar-refractivity contribution is -0.889. The molecule has 4 bridgehead atoms. The number of rotatable bonds is 5. The summed E-state index contributed by atoms with van der Waals surface area (Å²) in [5, 5.41) is 0.689. The Morgan fingerprint density at radius 3 is 2.00 bits per heavy atom. The number of hydrogen-bond acceptors (Lipinski definition) is 1. The van der Waals surface area contributed by atoms with Crippen molar-refractivity contribution in [2.75, 3.05) is 27.2 Å². The summed E-state index contributed by atoms with van der Waals surface area (Å²) in [5.74, 6) is 3.16. The van der Waals surface area contributed by atoms with E-state index in [4.69, 9.17) is 11.6 Å². The van der Waals surface area contributed by atoms with Gasteiger partial charge in [-0.3, -0.25) is 4.79 Å². The summed E-state index contributed by atoms with van der Waals surface area (Å²) < 4.78 is 0.813. The zero-order valence-corrected chi connectivity index (χ0v) is 17.7. The summed E-state index contributed by atoms with van der Waals surface area (Å²) in [4.78, 5) is 12.7. The second-order valence-electron chi connectivity index (χ2n) is 9.60. The zero-order chi connectivity index (χ0) is 16.9. The number of Topliss-reactive ketones (excluding diaryl/α,β-unsaturated/α-hetero) is 1. The first-order valence-electron chi connectivity index (χ1n) is 9.43. The van der Waals surface area contributed by atoms with Gasteiger partial charge in [-0.1, -0.05) is 11.6 Å². The van der Waals surface area contributed by atoms with Crippen molar-refractivity contribution < 1.29 is 26.3 Å². The minimum atomic E-state index is 0. The third kappa shape index (κ3) is 4.14. The average Bonchev–Trinajstić information content (AvgIpc) is 2.44. The molecule has 25 heavy (non-hydrogen) atoms. The van der Waals surface area contributed by atoms with Gasteiger partial charge in [0.1, 0.15) is 6.54 Å². The van der Waals surface area contributed by atoms with E-state index in [0.29, 0.717) is 17.0 Å². The van der Waals surface area contributed by atoms with E-state index in [1.165, 1.54) is 38.5 Å². The standard InChI is InChI=1S/C21H29ClNO.BrH/c1-23(2,13-20(24)18-3-5-19(22)6-4-18)14-21-10-15-7-16(11-21)9-17(8-15)12-21;/h3-6,15-17H,7-14H2,1-2H3;1H/q+1;/p-1. The molecule has 5 rings (SSSR count). The predicted molar refractivity (Wildman–Crippen MR) is 98.2 cm³/mol. The van der Waals surface area contributed by atoms with Gasteiger partial charge in [0.25, 0.3) is 0 Å². The maximum absolute atomic E-state index is 12.7. The van der Waals surface area contributed by atoms with Crippen LogP contribution in [0.15, 0.2) is 24.3 Å². The first-order valence-corrected chi connectivity index (χ1v) is 9.81. The molecule has 4 heteroatoms. The molecule has 0 heterocycles. The normalized spacial score (nSPS) is 33.2. The third-order valence-corrected chi connectivity index (χ3v) is 6.92. The fourth-order valence-corrected chi connectivity index (χ4v) is 6.69. The number of hydrogen-bond donors (Lipinski definition) is 0. The van der Waals surface area contributed by atoms with Crippen LogP contribution in [-0.4, -0.2) is 37.5 Å². The molecule has 1 aromatic carbocycles. The Morgan fingerprint density at radius 1 is 1.04 bits per heavy atom. The van der Waals surface area contributed by atoms with E-state index in [-0.39, 0.29) is 22.8 Å². The molecule has 0 amide bonds. The van der Waals surface area contributed by atoms with Gasteiger partial charge in [-0.25, -0.2) is 0 Å². The summed E-state index contributed by atoms with van der Waals surface area (Å²) in [7, 11) is 4.48. The fourth-order valence-electron chi connectivity index (χ4n) is 6.56. The van der Waals surface area contributed by atoms with E-state index >= 15 is 0 Å². The summed E-state index contributed by atoms with van der Waals surface area (Å²) in [6.45, 7) is 1.75. The summed E-state index contributed by atoms with van der Waals surface area (Å²) >= 11 is 5.94. The number of likely N-dealkylation sites (N-methyl/N-ethyl adjacent to an activating group) is 1. The van der Waals surface area contributed by atoms with Crippen LogP contribution in [-0.2, 0) is 0 Å². The van der Waals surface area contributed by atoms with Gasteiger partial charge in [-0.2, -0.15) is 0 Å². The van der Waals surface area contributed by atoms with E-state index in [0.717, 1.165) is 34.3 Å². The fraction of sp³-hybridized carbons (Fsp3) is 0.667. The highest BCUT2D eigenvalue weighted by Crippen LogP contribution is 2.60. The highest BCUT2D eigenvalue weighted by atomic mass is 79.9. The van der Waals surface area contributed by atoms with Crippen molar-refractivity contribution in [3.05, 3.63) is 34.9 Å². The van der Waals surface area contributed by atoms with Gasteiger partial charge in [-0.05, 0) is 80.5 Å². The summed E-state index contributed by atoms with van der Waals surface area (Å²) in [5.41, 5.74) is 1.30. The van der Waals surface area contributed by atoms with Crippen LogP contribution in [0.4, 0.5) is 0 Å². The molecule has 138 valence electrons. The van der Waals surface area contributed by atoms with Crippen LogP contribution in [0.3, 0.4) is 0 Å². The Hall–Kier alpha value is -0.380. The van der Waals surface area contributed by atoms with Crippen LogP contribution >= 0.6 is 11.6 Å². The molecule has 0 spiro atoms. The monoisotopic (exact) mass is 425 g/mol. The van der Waals surface area contributed by atoms with Crippen molar-refractivity contribution in [3.8, 4) is 0 Å². The van der Waals surface area contributed by atoms with Crippen molar-refractivity contribution in [3.63, 3.8) is 0 Å². The van der Waals surface area contributed by atoms with Gasteiger partial charge in [0, 0.05) is 16.0 Å². The second kappa shape index (κ2) is 6.98. The Balaban J connectivity index is 0.00000182. The number of carbonyl (C=O) groups excluding carboxylic acids is 1. The smallest absolute Gasteiger partial charge is 0.216 e. The van der Waals surface area contributed by atoms with E-state index in [2.05, 4.69) is 14.1 Å². The van der Waals surface area contributed by atoms with Gasteiger partial charge >= 0.3 is 0 Å². The largest absolute Gasteiger partial charge is 1.00 e. The molecule has 4 aliphatic rings. The van der Waals surface area contributed by atoms with Gasteiger partial charge in [0.2, 0.25) is 5.78 Å². The average molecular weight is 427 g/mol. The van der Waals surface area contributed by atoms with Gasteiger partial charge in [0.05, 0.1) is 20.6 Å². The predicted octanol–water partition coefficient (Wildman–Crippen LogP) is 1.82. The van der Waals surface area contributed by atoms with Gasteiger partial charge in [-0.15, -0.1) is 0 Å². The van der Waals surface area contributed by atoms with E-state index in [1.54, 1.807) is 0 Å². The maximum atomic E-state index is 12.7. The molecule has 4 aliphatic carbocycles. The zero-order valence-electron chi connectivity index (χ0n) is 15.3. The molecule has 0 unspecified atom stereocenters. The summed E-state index contributed by atoms with van der Waals surface area (Å²) in [6.07, 6.45) is 8.69. The van der Waals surface area contributed by atoms with Crippen molar-refractivity contribution in [1.82, 2.24) is 0 Å². The van der Waals surface area contributed by atoms with E-state index < -0.39 is 0 Å². The molecule has 0 aromatic heterocycles. The molecule has 0 atom stereocenters. The highest BCUT2D eigenvalue weighted by Gasteiger charge is 2.53. The van der Waals surface area contributed by atoms with Crippen LogP contribution in [0.2, 0.25) is 5.02 Å². The molecular formula is C21H29BrClNO. The maximum Gasteiger partial charge on any atom is 0.216 e. The Morgan fingerprint density at radius 2 is 1.52 bits per heavy atom. The van der Waals surface area contributed by atoms with Crippen LogP contribution in [0.25, 0.3) is 0 Å². The number of quaternary nitrogens is 1. The Labute approximate surface area is 167 Å². The molecule has 0 saturated heterocycles. The number of ketones is 1.